The van der Waals surface area contributed by atoms with E-state index in [4.69, 9.17) is 5.26 Å². The first-order valence-corrected chi connectivity index (χ1v) is 8.98. The quantitative estimate of drug-likeness (QED) is 0.892. The van der Waals surface area contributed by atoms with E-state index in [0.29, 0.717) is 17.1 Å². The maximum absolute atomic E-state index is 12.9. The Balaban J connectivity index is 1.44. The number of halogens is 1. The summed E-state index contributed by atoms with van der Waals surface area (Å²) in [6, 6.07) is 10.4. The summed E-state index contributed by atoms with van der Waals surface area (Å²) in [5.41, 5.74) is 1.59. The summed E-state index contributed by atoms with van der Waals surface area (Å²) in [5, 5.41) is 14.2. The highest BCUT2D eigenvalue weighted by atomic mass is 32.1. The molecule has 1 aromatic heterocycles. The third kappa shape index (κ3) is 4.86. The molecule has 0 atom stereocenters. The van der Waals surface area contributed by atoms with Crippen molar-refractivity contribution in [2.75, 3.05) is 38.0 Å². The highest BCUT2D eigenvalue weighted by Crippen LogP contribution is 2.22. The molecule has 1 fully saturated rings. The number of thiophene rings is 1. The molecule has 130 valence electrons. The van der Waals surface area contributed by atoms with Gasteiger partial charge >= 0.3 is 0 Å². The minimum absolute atomic E-state index is 0.0917. The second kappa shape index (κ2) is 8.21. The van der Waals surface area contributed by atoms with Crippen molar-refractivity contribution in [3.63, 3.8) is 0 Å². The highest BCUT2D eigenvalue weighted by Gasteiger charge is 2.19. The van der Waals surface area contributed by atoms with Gasteiger partial charge in [-0.25, -0.2) is 4.39 Å². The Kier molecular flexibility index (Phi) is 5.76. The number of benzene rings is 1. The van der Waals surface area contributed by atoms with Gasteiger partial charge in [-0.15, -0.1) is 11.3 Å². The van der Waals surface area contributed by atoms with E-state index >= 15 is 0 Å². The van der Waals surface area contributed by atoms with Crippen molar-refractivity contribution in [1.29, 1.82) is 5.26 Å². The molecule has 5 nitrogen and oxygen atoms in total. The molecular weight excluding hydrogens is 339 g/mol. The fourth-order valence-electron chi connectivity index (χ4n) is 2.82. The number of amides is 1. The summed E-state index contributed by atoms with van der Waals surface area (Å²) in [6.45, 7) is 4.47. The average molecular weight is 358 g/mol. The van der Waals surface area contributed by atoms with Crippen LogP contribution >= 0.6 is 11.3 Å². The van der Waals surface area contributed by atoms with E-state index in [1.54, 1.807) is 11.4 Å². The topological polar surface area (TPSA) is 59.4 Å². The molecule has 3 rings (SSSR count). The molecule has 0 aliphatic carbocycles. The number of carbonyl (C=O) groups is 1. The van der Waals surface area contributed by atoms with Crippen molar-refractivity contribution in [1.82, 2.24) is 9.80 Å². The number of rotatable bonds is 5. The second-order valence-electron chi connectivity index (χ2n) is 6.00. The van der Waals surface area contributed by atoms with Crippen molar-refractivity contribution in [3.8, 4) is 6.07 Å². The molecule has 1 saturated heterocycles. The van der Waals surface area contributed by atoms with Crippen LogP contribution in [-0.4, -0.2) is 48.4 Å². The number of piperazine rings is 1. The van der Waals surface area contributed by atoms with Gasteiger partial charge in [-0.1, -0.05) is 12.1 Å². The van der Waals surface area contributed by atoms with Gasteiger partial charge in [0.15, 0.2) is 0 Å². The first-order valence-electron chi connectivity index (χ1n) is 8.10. The third-order valence-electron chi connectivity index (χ3n) is 4.19. The summed E-state index contributed by atoms with van der Waals surface area (Å²) in [4.78, 5) is 16.6. The minimum atomic E-state index is -0.218. The number of carbonyl (C=O) groups excluding carboxylic acids is 1. The van der Waals surface area contributed by atoms with Gasteiger partial charge in [0, 0.05) is 32.7 Å². The predicted octanol–water partition coefficient (Wildman–Crippen LogP) is 2.52. The van der Waals surface area contributed by atoms with E-state index in [1.807, 2.05) is 12.1 Å². The molecule has 0 spiro atoms. The number of anilines is 1. The van der Waals surface area contributed by atoms with Crippen LogP contribution in [0.5, 0.6) is 0 Å². The number of nitrogens with zero attached hydrogens (tertiary/aromatic N) is 3. The van der Waals surface area contributed by atoms with E-state index in [2.05, 4.69) is 21.2 Å². The van der Waals surface area contributed by atoms with E-state index in [-0.39, 0.29) is 11.7 Å². The first kappa shape index (κ1) is 17.5. The third-order valence-corrected chi connectivity index (χ3v) is 5.02. The number of hydrogen-bond donors (Lipinski definition) is 1. The van der Waals surface area contributed by atoms with Gasteiger partial charge in [0.1, 0.15) is 16.9 Å². The van der Waals surface area contributed by atoms with E-state index in [0.717, 1.165) is 38.3 Å². The Morgan fingerprint density at radius 2 is 1.84 bits per heavy atom. The van der Waals surface area contributed by atoms with E-state index in [9.17, 15) is 9.18 Å². The predicted molar refractivity (Wildman–Crippen MR) is 95.8 cm³/mol. The molecule has 0 bridgehead atoms. The SMILES string of the molecule is N#Cc1ccsc1NC(=O)CN1CCN(Cc2ccc(F)cc2)CC1. The number of nitrogens with one attached hydrogen (secondary N) is 1. The van der Waals surface area contributed by atoms with Crippen molar-refractivity contribution < 1.29 is 9.18 Å². The maximum atomic E-state index is 12.9. The van der Waals surface area contributed by atoms with Crippen LogP contribution in [0.2, 0.25) is 0 Å². The summed E-state index contributed by atoms with van der Waals surface area (Å²) in [5.74, 6) is -0.309. The molecule has 1 aromatic carbocycles. The summed E-state index contributed by atoms with van der Waals surface area (Å²) >= 11 is 1.36. The lowest BCUT2D eigenvalue weighted by atomic mass is 10.2. The van der Waals surface area contributed by atoms with Crippen LogP contribution in [0.4, 0.5) is 9.39 Å². The molecule has 0 unspecified atom stereocenters. The van der Waals surface area contributed by atoms with Crippen molar-refractivity contribution in [3.05, 3.63) is 52.7 Å². The molecule has 7 heteroatoms. The molecule has 0 radical (unpaired) electrons. The summed E-state index contributed by atoms with van der Waals surface area (Å²) < 4.78 is 12.9. The smallest absolute Gasteiger partial charge is 0.239 e. The number of hydrogen-bond acceptors (Lipinski definition) is 5. The lowest BCUT2D eigenvalue weighted by Crippen LogP contribution is -2.48. The van der Waals surface area contributed by atoms with Gasteiger partial charge in [0.2, 0.25) is 5.91 Å². The Hall–Kier alpha value is -2.27. The standard InChI is InChI=1S/C18H19FN4OS/c19-16-3-1-14(2-4-16)12-22-6-8-23(9-7-22)13-17(24)21-18-15(11-20)5-10-25-18/h1-5,10H,6-9,12-13H2,(H,21,24). The molecule has 1 amide bonds. The molecule has 2 heterocycles. The second-order valence-corrected chi connectivity index (χ2v) is 6.92. The first-order chi connectivity index (χ1) is 12.1. The van der Waals surface area contributed by atoms with Crippen LogP contribution in [0.1, 0.15) is 11.1 Å². The molecule has 25 heavy (non-hydrogen) atoms. The van der Waals surface area contributed by atoms with Crippen molar-refractivity contribution in [2.45, 2.75) is 6.54 Å². The molecular formula is C18H19FN4OS. The number of nitriles is 1. The van der Waals surface area contributed by atoms with Gasteiger partial charge in [0.05, 0.1) is 12.1 Å². The van der Waals surface area contributed by atoms with Gasteiger partial charge in [-0.3, -0.25) is 14.6 Å². The fraction of sp³-hybridized carbons (Fsp3) is 0.333. The highest BCUT2D eigenvalue weighted by molar-refractivity contribution is 7.14. The zero-order chi connectivity index (χ0) is 17.6. The minimum Gasteiger partial charge on any atom is -0.315 e. The van der Waals surface area contributed by atoms with Crippen LogP contribution in [0.25, 0.3) is 0 Å². The Labute approximate surface area is 150 Å². The zero-order valence-corrected chi connectivity index (χ0v) is 14.6. The Bertz CT molecular complexity index is 760. The van der Waals surface area contributed by atoms with Gasteiger partial charge < -0.3 is 5.32 Å². The lowest BCUT2D eigenvalue weighted by molar-refractivity contribution is -0.117. The van der Waals surface area contributed by atoms with Crippen LogP contribution in [0, 0.1) is 17.1 Å². The van der Waals surface area contributed by atoms with Crippen molar-refractivity contribution >= 4 is 22.2 Å². The van der Waals surface area contributed by atoms with Gasteiger partial charge in [0.25, 0.3) is 0 Å². The molecule has 1 aliphatic heterocycles. The zero-order valence-electron chi connectivity index (χ0n) is 13.7. The van der Waals surface area contributed by atoms with Crippen LogP contribution < -0.4 is 5.32 Å². The summed E-state index contributed by atoms with van der Waals surface area (Å²) in [6.07, 6.45) is 0. The Morgan fingerprint density at radius 1 is 1.16 bits per heavy atom. The van der Waals surface area contributed by atoms with Gasteiger partial charge in [-0.05, 0) is 29.1 Å². The van der Waals surface area contributed by atoms with E-state index in [1.165, 1.54) is 23.5 Å². The molecule has 1 aliphatic rings. The average Bonchev–Trinajstić information content (AvgIpc) is 3.05. The lowest BCUT2D eigenvalue weighted by Gasteiger charge is -2.34. The van der Waals surface area contributed by atoms with Crippen molar-refractivity contribution in [2.24, 2.45) is 0 Å². The van der Waals surface area contributed by atoms with Gasteiger partial charge in [-0.2, -0.15) is 5.26 Å². The maximum Gasteiger partial charge on any atom is 0.239 e. The molecule has 2 aromatic rings. The molecule has 0 saturated carbocycles. The van der Waals surface area contributed by atoms with E-state index < -0.39 is 0 Å². The summed E-state index contributed by atoms with van der Waals surface area (Å²) in [7, 11) is 0. The van der Waals surface area contributed by atoms with Crippen LogP contribution in [-0.2, 0) is 11.3 Å². The Morgan fingerprint density at radius 3 is 2.52 bits per heavy atom. The molecule has 1 N–H and O–H groups in total. The van der Waals surface area contributed by atoms with Crippen LogP contribution in [0.3, 0.4) is 0 Å². The van der Waals surface area contributed by atoms with Crippen LogP contribution in [0.15, 0.2) is 35.7 Å². The normalized spacial score (nSPS) is 15.7. The largest absolute Gasteiger partial charge is 0.315 e. The monoisotopic (exact) mass is 358 g/mol. The fourth-order valence-corrected chi connectivity index (χ4v) is 3.57.